The Balaban J connectivity index is 2.20. The first-order chi connectivity index (χ1) is 6.86. The molecule has 1 aliphatic carbocycles. The van der Waals surface area contributed by atoms with Crippen molar-refractivity contribution in [3.05, 3.63) is 27.4 Å². The van der Waals surface area contributed by atoms with Gasteiger partial charge in [-0.15, -0.1) is 11.3 Å². The number of aromatic nitrogens is 2. The lowest BCUT2D eigenvalue weighted by Gasteiger charge is -1.95. The largest absolute Gasteiger partial charge is 0.344 e. The van der Waals surface area contributed by atoms with E-state index in [9.17, 15) is 0 Å². The minimum absolute atomic E-state index is 1.15. The van der Waals surface area contributed by atoms with Gasteiger partial charge in [0, 0.05) is 0 Å². The molecule has 0 saturated carbocycles. The third-order valence-corrected chi connectivity index (χ3v) is 4.72. The molecule has 0 atom stereocenters. The summed E-state index contributed by atoms with van der Waals surface area (Å²) in [6, 6.07) is 0. The highest BCUT2D eigenvalue weighted by atomic mass is 79.9. The van der Waals surface area contributed by atoms with E-state index in [0.717, 1.165) is 5.69 Å². The van der Waals surface area contributed by atoms with Crippen molar-refractivity contribution in [2.45, 2.75) is 19.3 Å². The van der Waals surface area contributed by atoms with Crippen LogP contribution in [0.15, 0.2) is 16.3 Å². The Hall–Kier alpha value is -0.610. The molecule has 0 saturated heterocycles. The number of hydrogen-bond acceptors (Lipinski definition) is 2. The van der Waals surface area contributed by atoms with Gasteiger partial charge in [0.2, 0.25) is 0 Å². The molecule has 2 heterocycles. The molecule has 0 fully saturated rings. The topological polar surface area (TPSA) is 28.7 Å². The SMILES string of the molecule is Brc1sc(-c2cnc[nH]2)c2c1CCC2. The maximum atomic E-state index is 4.07. The van der Waals surface area contributed by atoms with Crippen molar-refractivity contribution < 1.29 is 0 Å². The number of nitrogens with zero attached hydrogens (tertiary/aromatic N) is 1. The summed E-state index contributed by atoms with van der Waals surface area (Å²) in [4.78, 5) is 8.61. The quantitative estimate of drug-likeness (QED) is 0.844. The number of nitrogens with one attached hydrogen (secondary N) is 1. The summed E-state index contributed by atoms with van der Waals surface area (Å²) < 4.78 is 1.30. The summed E-state index contributed by atoms with van der Waals surface area (Å²) in [6.07, 6.45) is 7.37. The van der Waals surface area contributed by atoms with Gasteiger partial charge in [-0.05, 0) is 46.3 Å². The van der Waals surface area contributed by atoms with Crippen LogP contribution < -0.4 is 0 Å². The number of halogens is 1. The zero-order valence-corrected chi connectivity index (χ0v) is 9.91. The van der Waals surface area contributed by atoms with Crippen LogP contribution >= 0.6 is 27.3 Å². The second-order valence-electron chi connectivity index (χ2n) is 3.48. The van der Waals surface area contributed by atoms with Crippen LogP contribution in [0.2, 0.25) is 0 Å². The molecular formula is C10H9BrN2S. The minimum Gasteiger partial charge on any atom is -0.344 e. The number of aromatic amines is 1. The van der Waals surface area contributed by atoms with Crippen molar-refractivity contribution >= 4 is 27.3 Å². The number of fused-ring (bicyclic) bond motifs is 1. The zero-order chi connectivity index (χ0) is 9.54. The fraction of sp³-hybridized carbons (Fsp3) is 0.300. The van der Waals surface area contributed by atoms with Gasteiger partial charge in [-0.1, -0.05) is 0 Å². The third-order valence-electron chi connectivity index (χ3n) is 2.66. The van der Waals surface area contributed by atoms with Crippen molar-refractivity contribution in [2.75, 3.05) is 0 Å². The highest BCUT2D eigenvalue weighted by Crippen LogP contribution is 2.43. The number of hydrogen-bond donors (Lipinski definition) is 1. The lowest BCUT2D eigenvalue weighted by Crippen LogP contribution is -1.79. The lowest BCUT2D eigenvalue weighted by molar-refractivity contribution is 0.910. The molecule has 0 aromatic carbocycles. The second-order valence-corrected chi connectivity index (χ2v) is 5.82. The van der Waals surface area contributed by atoms with Crippen molar-refractivity contribution in [3.8, 4) is 10.6 Å². The standard InChI is InChI=1S/C10H9BrN2S/c11-10-7-3-1-2-6(7)9(14-10)8-4-12-5-13-8/h4-5H,1-3H2,(H,12,13). The molecule has 2 nitrogen and oxygen atoms in total. The summed E-state index contributed by atoms with van der Waals surface area (Å²) in [5.41, 5.74) is 4.18. The van der Waals surface area contributed by atoms with E-state index in [-0.39, 0.29) is 0 Å². The molecule has 2 aromatic rings. The Bertz CT molecular complexity index is 459. The predicted molar refractivity (Wildman–Crippen MR) is 61.6 cm³/mol. The summed E-state index contributed by atoms with van der Waals surface area (Å²) in [5, 5.41) is 0. The number of H-pyrrole nitrogens is 1. The zero-order valence-electron chi connectivity index (χ0n) is 7.51. The van der Waals surface area contributed by atoms with Crippen LogP contribution in [0, 0.1) is 0 Å². The fourth-order valence-electron chi connectivity index (χ4n) is 2.02. The van der Waals surface area contributed by atoms with Gasteiger partial charge in [-0.2, -0.15) is 0 Å². The smallest absolute Gasteiger partial charge is 0.0924 e. The molecule has 2 aromatic heterocycles. The van der Waals surface area contributed by atoms with E-state index in [4.69, 9.17) is 0 Å². The Morgan fingerprint density at radius 2 is 2.21 bits per heavy atom. The van der Waals surface area contributed by atoms with Crippen LogP contribution in [0.3, 0.4) is 0 Å². The van der Waals surface area contributed by atoms with Crippen molar-refractivity contribution in [2.24, 2.45) is 0 Å². The predicted octanol–water partition coefficient (Wildman–Crippen LogP) is 3.39. The summed E-state index contributed by atoms with van der Waals surface area (Å²) >= 11 is 5.46. The van der Waals surface area contributed by atoms with Crippen LogP contribution in [0.1, 0.15) is 17.5 Å². The highest BCUT2D eigenvalue weighted by molar-refractivity contribution is 9.11. The number of thiophene rings is 1. The molecule has 14 heavy (non-hydrogen) atoms. The molecule has 3 rings (SSSR count). The maximum Gasteiger partial charge on any atom is 0.0924 e. The monoisotopic (exact) mass is 268 g/mol. The van der Waals surface area contributed by atoms with E-state index in [1.54, 1.807) is 6.33 Å². The van der Waals surface area contributed by atoms with E-state index >= 15 is 0 Å². The Kier molecular flexibility index (Phi) is 1.99. The van der Waals surface area contributed by atoms with E-state index in [1.165, 1.54) is 39.1 Å². The van der Waals surface area contributed by atoms with Gasteiger partial charge in [-0.3, -0.25) is 0 Å². The van der Waals surface area contributed by atoms with Crippen LogP contribution in [0.4, 0.5) is 0 Å². The van der Waals surface area contributed by atoms with E-state index < -0.39 is 0 Å². The lowest BCUT2D eigenvalue weighted by atomic mass is 10.2. The molecule has 0 unspecified atom stereocenters. The first kappa shape index (κ1) is 8.68. The molecule has 0 aliphatic heterocycles. The van der Waals surface area contributed by atoms with E-state index in [1.807, 2.05) is 17.5 Å². The third kappa shape index (κ3) is 1.17. The van der Waals surface area contributed by atoms with E-state index in [2.05, 4.69) is 25.9 Å². The molecule has 0 bridgehead atoms. The van der Waals surface area contributed by atoms with Crippen LogP contribution in [-0.4, -0.2) is 9.97 Å². The van der Waals surface area contributed by atoms with Gasteiger partial charge >= 0.3 is 0 Å². The van der Waals surface area contributed by atoms with Gasteiger partial charge < -0.3 is 4.98 Å². The van der Waals surface area contributed by atoms with Gasteiger partial charge in [0.1, 0.15) is 0 Å². The Morgan fingerprint density at radius 1 is 1.36 bits per heavy atom. The Morgan fingerprint density at radius 3 is 3.00 bits per heavy atom. The van der Waals surface area contributed by atoms with Gasteiger partial charge in [0.15, 0.2) is 0 Å². The van der Waals surface area contributed by atoms with Crippen LogP contribution in [-0.2, 0) is 12.8 Å². The second kappa shape index (κ2) is 3.21. The molecule has 1 aliphatic rings. The average molecular weight is 269 g/mol. The average Bonchev–Trinajstić information content (AvgIpc) is 2.84. The molecule has 0 spiro atoms. The van der Waals surface area contributed by atoms with Crippen molar-refractivity contribution in [1.29, 1.82) is 0 Å². The minimum atomic E-state index is 1.15. The summed E-state index contributed by atoms with van der Waals surface area (Å²) in [7, 11) is 0. The van der Waals surface area contributed by atoms with Crippen LogP contribution in [0.25, 0.3) is 10.6 Å². The normalized spacial score (nSPS) is 14.6. The summed E-state index contributed by atoms with van der Waals surface area (Å²) in [5.74, 6) is 0. The van der Waals surface area contributed by atoms with Gasteiger partial charge in [0.05, 0.1) is 26.9 Å². The van der Waals surface area contributed by atoms with Crippen molar-refractivity contribution in [1.82, 2.24) is 9.97 Å². The Labute approximate surface area is 94.5 Å². The van der Waals surface area contributed by atoms with Crippen molar-refractivity contribution in [3.63, 3.8) is 0 Å². The van der Waals surface area contributed by atoms with Gasteiger partial charge in [-0.25, -0.2) is 4.98 Å². The first-order valence-corrected chi connectivity index (χ1v) is 6.26. The molecular weight excluding hydrogens is 260 g/mol. The van der Waals surface area contributed by atoms with Gasteiger partial charge in [0.25, 0.3) is 0 Å². The highest BCUT2D eigenvalue weighted by Gasteiger charge is 2.22. The molecule has 4 heteroatoms. The summed E-state index contributed by atoms with van der Waals surface area (Å²) in [6.45, 7) is 0. The molecule has 72 valence electrons. The first-order valence-electron chi connectivity index (χ1n) is 4.65. The molecule has 0 amide bonds. The van der Waals surface area contributed by atoms with Crippen LogP contribution in [0.5, 0.6) is 0 Å². The molecule has 1 N–H and O–H groups in total. The fourth-order valence-corrected chi connectivity index (χ4v) is 4.04. The number of imidazole rings is 1. The molecule has 0 radical (unpaired) electrons. The maximum absolute atomic E-state index is 4.07. The number of rotatable bonds is 1. The van der Waals surface area contributed by atoms with E-state index in [0.29, 0.717) is 0 Å².